The third-order valence-corrected chi connectivity index (χ3v) is 5.08. The van der Waals surface area contributed by atoms with E-state index in [2.05, 4.69) is 9.97 Å². The number of rotatable bonds is 5. The molecule has 2 aromatic heterocycles. The third-order valence-electron chi connectivity index (χ3n) is 3.95. The van der Waals surface area contributed by atoms with Crippen molar-refractivity contribution in [2.75, 3.05) is 12.9 Å². The Hall–Kier alpha value is -2.73. The van der Waals surface area contributed by atoms with Gasteiger partial charge in [0.05, 0.1) is 23.4 Å². The van der Waals surface area contributed by atoms with E-state index >= 15 is 0 Å². The van der Waals surface area contributed by atoms with E-state index in [4.69, 9.17) is 4.74 Å². The second-order valence-corrected chi connectivity index (χ2v) is 8.00. The first-order valence-electron chi connectivity index (χ1n) is 8.25. The highest BCUT2D eigenvalue weighted by Crippen LogP contribution is 2.33. The molecule has 0 saturated heterocycles. The maximum atomic E-state index is 11.7. The van der Waals surface area contributed by atoms with E-state index in [1.165, 1.54) is 6.26 Å². The molecule has 2 heterocycles. The highest BCUT2D eigenvalue weighted by atomic mass is 32.2. The number of sulfone groups is 1. The normalized spacial score (nSPS) is 11.3. The van der Waals surface area contributed by atoms with E-state index in [1.54, 1.807) is 36.7 Å². The SMILES string of the molecule is CCOc1cnc(-c2ccc(C)nc2)c(-c2ccc(S(C)(=O)=O)cc2)c1. The largest absolute Gasteiger partial charge is 0.492 e. The zero-order valence-electron chi connectivity index (χ0n) is 14.9. The number of aromatic nitrogens is 2. The predicted molar refractivity (Wildman–Crippen MR) is 102 cm³/mol. The number of pyridine rings is 2. The van der Waals surface area contributed by atoms with Crippen LogP contribution >= 0.6 is 0 Å². The van der Waals surface area contributed by atoms with Crippen molar-refractivity contribution in [2.45, 2.75) is 18.7 Å². The average Bonchev–Trinajstić information content (AvgIpc) is 2.62. The fourth-order valence-electron chi connectivity index (χ4n) is 2.63. The van der Waals surface area contributed by atoms with Crippen LogP contribution in [0, 0.1) is 6.92 Å². The van der Waals surface area contributed by atoms with Crippen molar-refractivity contribution in [1.82, 2.24) is 9.97 Å². The summed E-state index contributed by atoms with van der Waals surface area (Å²) < 4.78 is 29.0. The smallest absolute Gasteiger partial charge is 0.175 e. The van der Waals surface area contributed by atoms with Crippen molar-refractivity contribution in [1.29, 1.82) is 0 Å². The summed E-state index contributed by atoms with van der Waals surface area (Å²) in [6.45, 7) is 4.39. The molecule has 0 N–H and O–H groups in total. The summed E-state index contributed by atoms with van der Waals surface area (Å²) in [5.41, 5.74) is 4.32. The monoisotopic (exact) mass is 368 g/mol. The Balaban J connectivity index is 2.13. The van der Waals surface area contributed by atoms with Crippen LogP contribution in [-0.4, -0.2) is 31.2 Å². The first kappa shape index (κ1) is 18.1. The van der Waals surface area contributed by atoms with E-state index in [0.29, 0.717) is 12.4 Å². The summed E-state index contributed by atoms with van der Waals surface area (Å²) in [7, 11) is -3.24. The fraction of sp³-hybridized carbons (Fsp3) is 0.200. The van der Waals surface area contributed by atoms with Crippen molar-refractivity contribution in [3.05, 3.63) is 60.6 Å². The van der Waals surface area contributed by atoms with Crippen molar-refractivity contribution in [3.8, 4) is 28.1 Å². The van der Waals surface area contributed by atoms with Crippen molar-refractivity contribution in [2.24, 2.45) is 0 Å². The van der Waals surface area contributed by atoms with Gasteiger partial charge in [0.25, 0.3) is 0 Å². The molecular weight excluding hydrogens is 348 g/mol. The van der Waals surface area contributed by atoms with Crippen LogP contribution in [-0.2, 0) is 9.84 Å². The lowest BCUT2D eigenvalue weighted by atomic mass is 10.00. The molecule has 3 aromatic rings. The zero-order chi connectivity index (χ0) is 18.7. The van der Waals surface area contributed by atoms with Crippen molar-refractivity contribution >= 4 is 9.84 Å². The zero-order valence-corrected chi connectivity index (χ0v) is 15.7. The Morgan fingerprint density at radius 3 is 2.23 bits per heavy atom. The molecule has 3 rings (SSSR count). The van der Waals surface area contributed by atoms with E-state index < -0.39 is 9.84 Å². The van der Waals surface area contributed by atoms with Crippen LogP contribution in [0.25, 0.3) is 22.4 Å². The second kappa shape index (κ2) is 7.25. The molecule has 0 bridgehead atoms. The van der Waals surface area contributed by atoms with Gasteiger partial charge in [-0.3, -0.25) is 9.97 Å². The Bertz CT molecular complexity index is 1010. The van der Waals surface area contributed by atoms with E-state index in [0.717, 1.165) is 28.1 Å². The minimum atomic E-state index is -3.24. The van der Waals surface area contributed by atoms with Crippen LogP contribution in [0.4, 0.5) is 0 Å². The molecule has 0 radical (unpaired) electrons. The molecule has 1 aromatic carbocycles. The molecule has 0 atom stereocenters. The topological polar surface area (TPSA) is 69.2 Å². The molecule has 0 spiro atoms. The van der Waals surface area contributed by atoms with Crippen LogP contribution in [0.3, 0.4) is 0 Å². The maximum absolute atomic E-state index is 11.7. The summed E-state index contributed by atoms with van der Waals surface area (Å²) in [6, 6.07) is 12.6. The second-order valence-electron chi connectivity index (χ2n) is 5.98. The van der Waals surface area contributed by atoms with Crippen molar-refractivity contribution < 1.29 is 13.2 Å². The molecule has 26 heavy (non-hydrogen) atoms. The molecule has 134 valence electrons. The number of aryl methyl sites for hydroxylation is 1. The average molecular weight is 368 g/mol. The first-order valence-corrected chi connectivity index (χ1v) is 10.1. The Labute approximate surface area is 153 Å². The van der Waals surface area contributed by atoms with Crippen molar-refractivity contribution in [3.63, 3.8) is 0 Å². The number of hydrogen-bond acceptors (Lipinski definition) is 5. The molecular formula is C20H20N2O3S. The molecule has 6 heteroatoms. The summed E-state index contributed by atoms with van der Waals surface area (Å²) in [5.74, 6) is 0.665. The lowest BCUT2D eigenvalue weighted by Gasteiger charge is -2.12. The van der Waals surface area contributed by atoms with Crippen LogP contribution in [0.15, 0.2) is 59.8 Å². The summed E-state index contributed by atoms with van der Waals surface area (Å²) in [6.07, 6.45) is 4.67. The third kappa shape index (κ3) is 3.91. The van der Waals surface area contributed by atoms with Gasteiger partial charge >= 0.3 is 0 Å². The molecule has 0 aliphatic carbocycles. The molecule has 0 fully saturated rings. The van der Waals surface area contributed by atoms with Gasteiger partial charge in [-0.05, 0) is 49.7 Å². The lowest BCUT2D eigenvalue weighted by molar-refractivity contribution is 0.339. The van der Waals surface area contributed by atoms with E-state index in [1.807, 2.05) is 32.0 Å². The lowest BCUT2D eigenvalue weighted by Crippen LogP contribution is -1.98. The Morgan fingerprint density at radius 1 is 0.962 bits per heavy atom. The number of hydrogen-bond donors (Lipinski definition) is 0. The Morgan fingerprint density at radius 2 is 1.65 bits per heavy atom. The molecule has 0 saturated carbocycles. The number of ether oxygens (including phenoxy) is 1. The van der Waals surface area contributed by atoms with Gasteiger partial charge in [-0.2, -0.15) is 0 Å². The van der Waals surface area contributed by atoms with Gasteiger partial charge in [-0.1, -0.05) is 12.1 Å². The van der Waals surface area contributed by atoms with Gasteiger partial charge in [-0.25, -0.2) is 8.42 Å². The highest BCUT2D eigenvalue weighted by molar-refractivity contribution is 7.90. The predicted octanol–water partition coefficient (Wildman–Crippen LogP) is 3.92. The van der Waals surface area contributed by atoms with Crippen LogP contribution in [0.2, 0.25) is 0 Å². The summed E-state index contributed by atoms with van der Waals surface area (Å²) in [4.78, 5) is 9.19. The molecule has 0 aliphatic heterocycles. The van der Waals surface area contributed by atoms with Crippen LogP contribution < -0.4 is 4.74 Å². The fourth-order valence-corrected chi connectivity index (χ4v) is 3.26. The molecule has 5 nitrogen and oxygen atoms in total. The Kier molecular flexibility index (Phi) is 5.04. The summed E-state index contributed by atoms with van der Waals surface area (Å²) in [5, 5.41) is 0. The van der Waals surface area contributed by atoms with Gasteiger partial charge in [0, 0.05) is 29.3 Å². The van der Waals surface area contributed by atoms with E-state index in [-0.39, 0.29) is 4.90 Å². The van der Waals surface area contributed by atoms with Crippen LogP contribution in [0.5, 0.6) is 5.75 Å². The number of nitrogens with zero attached hydrogens (tertiary/aromatic N) is 2. The van der Waals surface area contributed by atoms with Gasteiger partial charge in [0.2, 0.25) is 0 Å². The minimum absolute atomic E-state index is 0.286. The molecule has 0 amide bonds. The molecule has 0 unspecified atom stereocenters. The minimum Gasteiger partial charge on any atom is -0.492 e. The molecule has 0 aliphatic rings. The van der Waals surface area contributed by atoms with Crippen LogP contribution in [0.1, 0.15) is 12.6 Å². The van der Waals surface area contributed by atoms with Gasteiger partial charge < -0.3 is 4.74 Å². The van der Waals surface area contributed by atoms with Gasteiger partial charge in [-0.15, -0.1) is 0 Å². The van der Waals surface area contributed by atoms with Gasteiger partial charge in [0.1, 0.15) is 5.75 Å². The maximum Gasteiger partial charge on any atom is 0.175 e. The quantitative estimate of drug-likeness (QED) is 0.683. The summed E-state index contributed by atoms with van der Waals surface area (Å²) >= 11 is 0. The van der Waals surface area contributed by atoms with Gasteiger partial charge in [0.15, 0.2) is 9.84 Å². The first-order chi connectivity index (χ1) is 12.4. The number of benzene rings is 1. The van der Waals surface area contributed by atoms with E-state index in [9.17, 15) is 8.42 Å². The highest BCUT2D eigenvalue weighted by Gasteiger charge is 2.13. The standard InChI is InChI=1S/C20H20N2O3S/c1-4-25-17-11-19(15-7-9-18(10-8-15)26(3,23)24)20(22-13-17)16-6-5-14(2)21-12-16/h5-13H,4H2,1-3H3.